The molecule has 0 spiro atoms. The van der Waals surface area contributed by atoms with Crippen LogP contribution in [-0.4, -0.2) is 41.9 Å². The highest BCUT2D eigenvalue weighted by atomic mass is 16.6. The van der Waals surface area contributed by atoms with Crippen molar-refractivity contribution in [2.75, 3.05) is 0 Å². The van der Waals surface area contributed by atoms with Gasteiger partial charge in [0.2, 0.25) is 0 Å². The van der Waals surface area contributed by atoms with E-state index in [1.807, 2.05) is 13.8 Å². The topological polar surface area (TPSA) is 90.9 Å². The Morgan fingerprint density at radius 3 is 2.24 bits per heavy atom. The van der Waals surface area contributed by atoms with E-state index in [1.54, 1.807) is 33.3 Å². The summed E-state index contributed by atoms with van der Waals surface area (Å²) in [4.78, 5) is 37.4. The Morgan fingerprint density at radius 1 is 0.913 bits per heavy atom. The van der Waals surface area contributed by atoms with Crippen molar-refractivity contribution < 1.29 is 28.6 Å². The molecule has 1 unspecified atom stereocenters. The van der Waals surface area contributed by atoms with Gasteiger partial charge in [-0.3, -0.25) is 4.79 Å². The van der Waals surface area contributed by atoms with E-state index in [2.05, 4.69) is 46.0 Å². The van der Waals surface area contributed by atoms with Crippen LogP contribution in [0.3, 0.4) is 0 Å². The average molecular weight is 644 g/mol. The van der Waals surface area contributed by atoms with Gasteiger partial charge in [-0.15, -0.1) is 0 Å². The predicted molar refractivity (Wildman–Crippen MR) is 182 cm³/mol. The summed E-state index contributed by atoms with van der Waals surface area (Å²) < 4.78 is 17.2. The van der Waals surface area contributed by atoms with Gasteiger partial charge in [0.15, 0.2) is 0 Å². The SMILES string of the molecule is CC(C)C(=O)O[C@H]1CC[C@@]2(C)C(=CC[C@H]3[C@@H]4CC[C@H]([C@H](C)CCC(OC(=O)[C@H](C)NC(=O)OC(C)(C)C)C(C)C)[C@@]4(C)CC[C@@H]32)C1. The number of ether oxygens (including phenoxy) is 3. The van der Waals surface area contributed by atoms with Crippen molar-refractivity contribution in [2.24, 2.45) is 52.3 Å². The first-order valence-electron chi connectivity index (χ1n) is 18.5. The molecule has 46 heavy (non-hydrogen) atoms. The lowest BCUT2D eigenvalue weighted by Gasteiger charge is -2.58. The van der Waals surface area contributed by atoms with Crippen molar-refractivity contribution in [1.82, 2.24) is 5.32 Å². The number of rotatable bonds is 10. The molecular weight excluding hydrogens is 578 g/mol. The van der Waals surface area contributed by atoms with Crippen LogP contribution >= 0.6 is 0 Å². The molecule has 0 aliphatic heterocycles. The molecule has 7 nitrogen and oxygen atoms in total. The summed E-state index contributed by atoms with van der Waals surface area (Å²) in [7, 11) is 0. The van der Waals surface area contributed by atoms with Gasteiger partial charge in [-0.1, -0.05) is 60.1 Å². The van der Waals surface area contributed by atoms with Crippen LogP contribution in [-0.2, 0) is 23.8 Å². The standard InChI is InChI=1S/C39H65NO6/c1-23(2)33(45-35(42)26(6)40-36(43)46-37(7,8)9)17-12-25(5)30-15-16-31-29-14-13-27-22-28(44-34(41)24(3)4)18-20-38(27,10)32(29)19-21-39(30,31)11/h13,23-26,28-33H,12,14-22H2,1-11H3,(H,40,43)/t25-,26+,28+,29+,30-,31+,32+,33?,38+,39-/m1/s1. The molecule has 0 aromatic rings. The van der Waals surface area contributed by atoms with Crippen LogP contribution in [0.4, 0.5) is 4.79 Å². The lowest BCUT2D eigenvalue weighted by atomic mass is 9.47. The van der Waals surface area contributed by atoms with Crippen LogP contribution in [0, 0.1) is 52.3 Å². The van der Waals surface area contributed by atoms with Gasteiger partial charge >= 0.3 is 18.0 Å². The molecule has 0 heterocycles. The van der Waals surface area contributed by atoms with Crippen LogP contribution in [0.15, 0.2) is 11.6 Å². The zero-order valence-corrected chi connectivity index (χ0v) is 30.9. The fourth-order valence-electron chi connectivity index (χ4n) is 9.95. The first kappa shape index (κ1) is 36.8. The van der Waals surface area contributed by atoms with Crippen LogP contribution in [0.1, 0.15) is 140 Å². The fourth-order valence-corrected chi connectivity index (χ4v) is 9.95. The lowest BCUT2D eigenvalue weighted by Crippen LogP contribution is -2.51. The van der Waals surface area contributed by atoms with Crippen molar-refractivity contribution >= 4 is 18.0 Å². The lowest BCUT2D eigenvalue weighted by molar-refractivity contribution is -0.155. The minimum absolute atomic E-state index is 0.0368. The third-order valence-corrected chi connectivity index (χ3v) is 12.6. The Balaban J connectivity index is 1.35. The van der Waals surface area contributed by atoms with E-state index in [4.69, 9.17) is 14.2 Å². The van der Waals surface area contributed by atoms with E-state index in [0.29, 0.717) is 17.3 Å². The molecule has 262 valence electrons. The highest BCUT2D eigenvalue weighted by Crippen LogP contribution is 2.67. The van der Waals surface area contributed by atoms with Crippen molar-refractivity contribution in [3.8, 4) is 0 Å². The van der Waals surface area contributed by atoms with Gasteiger partial charge in [0, 0.05) is 6.42 Å². The number of carbonyl (C=O) groups is 3. The zero-order chi connectivity index (χ0) is 34.2. The van der Waals surface area contributed by atoms with E-state index >= 15 is 0 Å². The Kier molecular flexibility index (Phi) is 11.4. The minimum atomic E-state index is -0.768. The molecule has 4 rings (SSSR count). The first-order chi connectivity index (χ1) is 21.4. The largest absolute Gasteiger partial charge is 0.462 e. The molecule has 3 fully saturated rings. The molecular formula is C39H65NO6. The van der Waals surface area contributed by atoms with E-state index in [9.17, 15) is 14.4 Å². The number of hydrogen-bond acceptors (Lipinski definition) is 6. The predicted octanol–water partition coefficient (Wildman–Crippen LogP) is 9.03. The number of allylic oxidation sites excluding steroid dienone is 1. The quantitative estimate of drug-likeness (QED) is 0.145. The van der Waals surface area contributed by atoms with Crippen LogP contribution < -0.4 is 5.32 Å². The highest BCUT2D eigenvalue weighted by molar-refractivity contribution is 5.81. The summed E-state index contributed by atoms with van der Waals surface area (Å²) in [6, 6.07) is -0.768. The van der Waals surface area contributed by atoms with Gasteiger partial charge in [-0.05, 0) is 132 Å². The van der Waals surface area contributed by atoms with Crippen LogP contribution in [0.5, 0.6) is 0 Å². The number of hydrogen-bond donors (Lipinski definition) is 1. The minimum Gasteiger partial charge on any atom is -0.462 e. The molecule has 1 amide bonds. The maximum atomic E-state index is 12.9. The van der Waals surface area contributed by atoms with Crippen molar-refractivity contribution in [3.63, 3.8) is 0 Å². The van der Waals surface area contributed by atoms with Gasteiger partial charge < -0.3 is 19.5 Å². The van der Waals surface area contributed by atoms with Crippen LogP contribution in [0.2, 0.25) is 0 Å². The molecule has 4 aliphatic carbocycles. The summed E-state index contributed by atoms with van der Waals surface area (Å²) in [6.07, 6.45) is 13.0. The monoisotopic (exact) mass is 643 g/mol. The molecule has 0 radical (unpaired) electrons. The summed E-state index contributed by atoms with van der Waals surface area (Å²) in [6.45, 7) is 22.6. The second kappa shape index (κ2) is 14.2. The average Bonchev–Trinajstić information content (AvgIpc) is 3.31. The maximum absolute atomic E-state index is 12.9. The number of fused-ring (bicyclic) bond motifs is 5. The van der Waals surface area contributed by atoms with Gasteiger partial charge in [0.25, 0.3) is 0 Å². The number of carbonyl (C=O) groups excluding carboxylic acids is 3. The van der Waals surface area contributed by atoms with E-state index in [1.165, 1.54) is 32.1 Å². The van der Waals surface area contributed by atoms with Gasteiger partial charge in [-0.2, -0.15) is 0 Å². The summed E-state index contributed by atoms with van der Waals surface area (Å²) in [5.41, 5.74) is 1.51. The molecule has 7 heteroatoms. The molecule has 10 atom stereocenters. The number of amides is 1. The molecule has 0 aromatic heterocycles. The van der Waals surface area contributed by atoms with Gasteiger partial charge in [-0.25, -0.2) is 9.59 Å². The summed E-state index contributed by atoms with van der Waals surface area (Å²) in [5.74, 6) is 3.10. The van der Waals surface area contributed by atoms with E-state index in [0.717, 1.165) is 49.9 Å². The Hall–Kier alpha value is -2.05. The summed E-state index contributed by atoms with van der Waals surface area (Å²) >= 11 is 0. The first-order valence-corrected chi connectivity index (χ1v) is 18.5. The Bertz CT molecular complexity index is 1140. The molecule has 1 N–H and O–H groups in total. The Morgan fingerprint density at radius 2 is 1.61 bits per heavy atom. The smallest absolute Gasteiger partial charge is 0.408 e. The third-order valence-electron chi connectivity index (χ3n) is 12.6. The van der Waals surface area contributed by atoms with Crippen molar-refractivity contribution in [2.45, 2.75) is 164 Å². The molecule has 3 saturated carbocycles. The normalized spacial score (nSPS) is 34.4. The molecule has 0 aromatic carbocycles. The zero-order valence-electron chi connectivity index (χ0n) is 30.9. The molecule has 4 aliphatic rings. The second-order valence-electron chi connectivity index (χ2n) is 17.6. The third kappa shape index (κ3) is 7.97. The Labute approximate surface area is 279 Å². The number of esters is 2. The summed E-state index contributed by atoms with van der Waals surface area (Å²) in [5, 5.41) is 2.62. The van der Waals surface area contributed by atoms with Crippen molar-refractivity contribution in [3.05, 3.63) is 11.6 Å². The van der Waals surface area contributed by atoms with E-state index < -0.39 is 23.7 Å². The highest BCUT2D eigenvalue weighted by Gasteiger charge is 2.59. The van der Waals surface area contributed by atoms with Gasteiger partial charge in [0.1, 0.15) is 23.9 Å². The number of nitrogens with one attached hydrogen (secondary N) is 1. The maximum Gasteiger partial charge on any atom is 0.408 e. The molecule has 0 saturated heterocycles. The van der Waals surface area contributed by atoms with Gasteiger partial charge in [0.05, 0.1) is 5.92 Å². The number of alkyl carbamates (subject to hydrolysis) is 1. The van der Waals surface area contributed by atoms with Crippen LogP contribution in [0.25, 0.3) is 0 Å². The second-order valence-corrected chi connectivity index (χ2v) is 17.6. The van der Waals surface area contributed by atoms with Crippen molar-refractivity contribution in [1.29, 1.82) is 0 Å². The molecule has 0 bridgehead atoms. The van der Waals surface area contributed by atoms with E-state index in [-0.39, 0.29) is 35.4 Å². The fraction of sp³-hybridized carbons (Fsp3) is 0.872.